The van der Waals surface area contributed by atoms with Crippen LogP contribution in [-0.2, 0) is 4.79 Å². The molecular weight excluding hydrogens is 360 g/mol. The summed E-state index contributed by atoms with van der Waals surface area (Å²) in [6, 6.07) is 15.0. The van der Waals surface area contributed by atoms with Gasteiger partial charge in [-0.15, -0.1) is 11.3 Å². The van der Waals surface area contributed by atoms with Gasteiger partial charge < -0.3 is 9.64 Å². The zero-order valence-electron chi connectivity index (χ0n) is 15.1. The zero-order valence-corrected chi connectivity index (χ0v) is 15.9. The Morgan fingerprint density at radius 2 is 2.07 bits per heavy atom. The number of ether oxygens (including phenoxy) is 1. The van der Waals surface area contributed by atoms with E-state index in [0.29, 0.717) is 11.3 Å². The molecule has 1 aliphatic heterocycles. The number of benzene rings is 2. The number of rotatable bonds is 5. The Labute approximate surface area is 161 Å². The van der Waals surface area contributed by atoms with E-state index in [-0.39, 0.29) is 24.3 Å². The van der Waals surface area contributed by atoms with Crippen molar-refractivity contribution in [2.45, 2.75) is 25.8 Å². The Hall–Kier alpha value is -2.73. The summed E-state index contributed by atoms with van der Waals surface area (Å²) < 4.78 is 6.80. The standard InChI is InChI=1S/C21H20N2O3S/c1-14(24)15-6-4-7-16(12-15)26-13-20(25)23-11-5-9-18(23)21-22-17-8-2-3-10-19(17)27-21/h2-4,6-8,10,12,18H,5,9,11,13H2,1H3. The number of hydrogen-bond acceptors (Lipinski definition) is 5. The van der Waals surface area contributed by atoms with Gasteiger partial charge in [-0.1, -0.05) is 24.3 Å². The van der Waals surface area contributed by atoms with Crippen LogP contribution in [-0.4, -0.2) is 34.7 Å². The van der Waals surface area contributed by atoms with Crippen molar-refractivity contribution in [3.05, 3.63) is 59.1 Å². The quantitative estimate of drug-likeness (QED) is 0.621. The van der Waals surface area contributed by atoms with E-state index in [2.05, 4.69) is 6.07 Å². The summed E-state index contributed by atoms with van der Waals surface area (Å²) >= 11 is 1.65. The van der Waals surface area contributed by atoms with Crippen LogP contribution in [0.3, 0.4) is 0 Å². The summed E-state index contributed by atoms with van der Waals surface area (Å²) in [5.41, 5.74) is 1.56. The van der Waals surface area contributed by atoms with Gasteiger partial charge in [-0.2, -0.15) is 0 Å². The number of para-hydroxylation sites is 1. The van der Waals surface area contributed by atoms with Crippen LogP contribution in [0.2, 0.25) is 0 Å². The van der Waals surface area contributed by atoms with Crippen molar-refractivity contribution in [3.8, 4) is 5.75 Å². The molecule has 1 atom stereocenters. The molecule has 2 aromatic carbocycles. The number of likely N-dealkylation sites (tertiary alicyclic amines) is 1. The van der Waals surface area contributed by atoms with Gasteiger partial charge in [-0.05, 0) is 44.0 Å². The Bertz CT molecular complexity index is 965. The van der Waals surface area contributed by atoms with Crippen molar-refractivity contribution < 1.29 is 14.3 Å². The van der Waals surface area contributed by atoms with Gasteiger partial charge in [-0.25, -0.2) is 4.98 Å². The summed E-state index contributed by atoms with van der Waals surface area (Å²) in [6.07, 6.45) is 1.89. The van der Waals surface area contributed by atoms with E-state index in [9.17, 15) is 9.59 Å². The third-order valence-electron chi connectivity index (χ3n) is 4.77. The molecule has 138 valence electrons. The van der Waals surface area contributed by atoms with E-state index in [4.69, 9.17) is 9.72 Å². The van der Waals surface area contributed by atoms with Crippen LogP contribution in [0.4, 0.5) is 0 Å². The van der Waals surface area contributed by atoms with Crippen molar-refractivity contribution in [2.24, 2.45) is 0 Å². The molecule has 1 amide bonds. The third kappa shape index (κ3) is 3.71. The second-order valence-electron chi connectivity index (χ2n) is 6.64. The molecule has 1 aromatic heterocycles. The fourth-order valence-corrected chi connectivity index (χ4v) is 4.50. The van der Waals surface area contributed by atoms with Crippen molar-refractivity contribution in [3.63, 3.8) is 0 Å². The normalized spacial score (nSPS) is 16.6. The van der Waals surface area contributed by atoms with Crippen LogP contribution < -0.4 is 4.74 Å². The molecule has 0 saturated carbocycles. The summed E-state index contributed by atoms with van der Waals surface area (Å²) in [4.78, 5) is 30.8. The molecule has 0 aliphatic carbocycles. The minimum Gasteiger partial charge on any atom is -0.484 e. The van der Waals surface area contributed by atoms with Crippen LogP contribution in [0.15, 0.2) is 48.5 Å². The lowest BCUT2D eigenvalue weighted by atomic mass is 10.1. The highest BCUT2D eigenvalue weighted by Crippen LogP contribution is 2.36. The molecule has 1 unspecified atom stereocenters. The second kappa shape index (κ2) is 7.48. The molecular formula is C21H20N2O3S. The number of carbonyl (C=O) groups excluding carboxylic acids is 2. The first-order valence-corrected chi connectivity index (χ1v) is 9.82. The lowest BCUT2D eigenvalue weighted by molar-refractivity contribution is -0.134. The summed E-state index contributed by atoms with van der Waals surface area (Å²) in [5, 5.41) is 0.987. The Morgan fingerprint density at radius 3 is 2.89 bits per heavy atom. The van der Waals surface area contributed by atoms with Crippen molar-refractivity contribution in [1.29, 1.82) is 0 Å². The molecule has 4 rings (SSSR count). The number of Topliss-reactive ketones (excluding diaryl/α,β-unsaturated/α-hetero) is 1. The Kier molecular flexibility index (Phi) is 4.90. The van der Waals surface area contributed by atoms with E-state index in [1.54, 1.807) is 35.6 Å². The molecule has 1 aliphatic rings. The zero-order chi connectivity index (χ0) is 18.8. The predicted molar refractivity (Wildman–Crippen MR) is 105 cm³/mol. The number of nitrogens with zero attached hydrogens (tertiary/aromatic N) is 2. The van der Waals surface area contributed by atoms with Crippen molar-refractivity contribution in [2.75, 3.05) is 13.2 Å². The molecule has 3 aromatic rings. The van der Waals surface area contributed by atoms with Crippen molar-refractivity contribution in [1.82, 2.24) is 9.88 Å². The SMILES string of the molecule is CC(=O)c1cccc(OCC(=O)N2CCCC2c2nc3ccccc3s2)c1. The van der Waals surface area contributed by atoms with Gasteiger partial charge in [0.05, 0.1) is 16.3 Å². The molecule has 0 spiro atoms. The number of carbonyl (C=O) groups is 2. The molecule has 0 N–H and O–H groups in total. The first-order valence-electron chi connectivity index (χ1n) is 9.00. The van der Waals surface area contributed by atoms with E-state index in [0.717, 1.165) is 34.6 Å². The van der Waals surface area contributed by atoms with Crippen LogP contribution in [0.5, 0.6) is 5.75 Å². The fourth-order valence-electron chi connectivity index (χ4n) is 3.39. The number of amides is 1. The summed E-state index contributed by atoms with van der Waals surface area (Å²) in [5.74, 6) is 0.457. The highest BCUT2D eigenvalue weighted by atomic mass is 32.1. The number of thiazole rings is 1. The molecule has 1 fully saturated rings. The average Bonchev–Trinajstić information content (AvgIpc) is 3.32. The number of fused-ring (bicyclic) bond motifs is 1. The molecule has 2 heterocycles. The van der Waals surface area contributed by atoms with Gasteiger partial charge in [0.1, 0.15) is 10.8 Å². The fraction of sp³-hybridized carbons (Fsp3) is 0.286. The third-order valence-corrected chi connectivity index (χ3v) is 5.91. The van der Waals surface area contributed by atoms with Gasteiger partial charge in [0, 0.05) is 12.1 Å². The second-order valence-corrected chi connectivity index (χ2v) is 7.70. The maximum absolute atomic E-state index is 12.7. The topological polar surface area (TPSA) is 59.5 Å². The van der Waals surface area contributed by atoms with E-state index in [1.165, 1.54) is 6.92 Å². The van der Waals surface area contributed by atoms with Gasteiger partial charge in [0.2, 0.25) is 0 Å². The maximum atomic E-state index is 12.7. The van der Waals surface area contributed by atoms with Gasteiger partial charge in [0.25, 0.3) is 5.91 Å². The minimum atomic E-state index is -0.0509. The molecule has 0 bridgehead atoms. The van der Waals surface area contributed by atoms with E-state index in [1.807, 2.05) is 23.1 Å². The van der Waals surface area contributed by atoms with Crippen LogP contribution in [0.25, 0.3) is 10.2 Å². The molecule has 5 nitrogen and oxygen atoms in total. The summed E-state index contributed by atoms with van der Waals surface area (Å²) in [7, 11) is 0. The molecule has 6 heteroatoms. The van der Waals surface area contributed by atoms with Gasteiger partial charge in [-0.3, -0.25) is 9.59 Å². The van der Waals surface area contributed by atoms with Crippen LogP contribution in [0.1, 0.15) is 41.2 Å². The van der Waals surface area contributed by atoms with Crippen molar-refractivity contribution >= 4 is 33.2 Å². The van der Waals surface area contributed by atoms with Crippen LogP contribution >= 0.6 is 11.3 Å². The molecule has 27 heavy (non-hydrogen) atoms. The van der Waals surface area contributed by atoms with E-state index >= 15 is 0 Å². The van der Waals surface area contributed by atoms with E-state index < -0.39 is 0 Å². The number of aromatic nitrogens is 1. The lowest BCUT2D eigenvalue weighted by Crippen LogP contribution is -2.34. The lowest BCUT2D eigenvalue weighted by Gasteiger charge is -2.23. The summed E-state index contributed by atoms with van der Waals surface area (Å²) in [6.45, 7) is 2.19. The number of hydrogen-bond donors (Lipinski definition) is 0. The highest BCUT2D eigenvalue weighted by Gasteiger charge is 2.32. The highest BCUT2D eigenvalue weighted by molar-refractivity contribution is 7.18. The average molecular weight is 380 g/mol. The molecule has 1 saturated heterocycles. The smallest absolute Gasteiger partial charge is 0.261 e. The first kappa shape index (κ1) is 17.7. The monoisotopic (exact) mass is 380 g/mol. The van der Waals surface area contributed by atoms with Crippen LogP contribution in [0, 0.1) is 0 Å². The largest absolute Gasteiger partial charge is 0.484 e. The predicted octanol–water partition coefficient (Wildman–Crippen LogP) is 4.24. The molecule has 0 radical (unpaired) electrons. The Morgan fingerprint density at radius 1 is 1.22 bits per heavy atom. The van der Waals surface area contributed by atoms with Gasteiger partial charge >= 0.3 is 0 Å². The number of ketones is 1. The minimum absolute atomic E-state index is 0.0158. The Balaban J connectivity index is 1.46. The van der Waals surface area contributed by atoms with Gasteiger partial charge in [0.15, 0.2) is 12.4 Å². The first-order chi connectivity index (χ1) is 13.1. The maximum Gasteiger partial charge on any atom is 0.261 e.